The molecule has 1 aliphatic rings. The van der Waals surface area contributed by atoms with Gasteiger partial charge in [0.15, 0.2) is 0 Å². The summed E-state index contributed by atoms with van der Waals surface area (Å²) in [5, 5.41) is 11.9. The van der Waals surface area contributed by atoms with Crippen molar-refractivity contribution in [2.45, 2.75) is 32.1 Å². The second-order valence-electron chi connectivity index (χ2n) is 6.75. The molecule has 0 unspecified atom stereocenters. The number of piperidine rings is 1. The quantitative estimate of drug-likeness (QED) is 0.861. The van der Waals surface area contributed by atoms with Crippen molar-refractivity contribution in [1.29, 1.82) is 0 Å². The Balaban J connectivity index is 0.00000192. The van der Waals surface area contributed by atoms with Gasteiger partial charge in [-0.05, 0) is 59.9 Å². The van der Waals surface area contributed by atoms with Crippen LogP contribution in [-0.2, 0) is 11.8 Å². The van der Waals surface area contributed by atoms with Gasteiger partial charge < -0.3 is 10.0 Å². The molecule has 1 aromatic heterocycles. The largest absolute Gasteiger partial charge is 0.508 e. The molecule has 2 nitrogen and oxygen atoms in total. The van der Waals surface area contributed by atoms with E-state index in [4.69, 9.17) is 0 Å². The molecule has 2 atom stereocenters. The fourth-order valence-corrected chi connectivity index (χ4v) is 4.23. The summed E-state index contributed by atoms with van der Waals surface area (Å²) in [5.74, 6) is 0.970. The molecule has 1 aliphatic heterocycles. The predicted octanol–water partition coefficient (Wildman–Crippen LogP) is 4.72. The molecule has 0 amide bonds. The monoisotopic (exact) mass is 351 g/mol. The number of benzene rings is 1. The van der Waals surface area contributed by atoms with Gasteiger partial charge in [0.2, 0.25) is 0 Å². The zero-order valence-corrected chi connectivity index (χ0v) is 15.5. The molecule has 3 rings (SSSR count). The summed E-state index contributed by atoms with van der Waals surface area (Å²) in [6.45, 7) is 8.13. The molecule has 0 bridgehead atoms. The van der Waals surface area contributed by atoms with Gasteiger partial charge in [0, 0.05) is 18.0 Å². The Hall–Kier alpha value is -1.03. The van der Waals surface area contributed by atoms with Crippen molar-refractivity contribution < 1.29 is 5.11 Å². The fraction of sp³-hybridized carbons (Fsp3) is 0.474. The number of likely N-dealkylation sites (tertiary alicyclic amines) is 1. The van der Waals surface area contributed by atoms with Crippen molar-refractivity contribution in [2.75, 3.05) is 19.6 Å². The molecular weight excluding hydrogens is 326 g/mol. The van der Waals surface area contributed by atoms with Crippen LogP contribution in [0.2, 0.25) is 0 Å². The zero-order valence-electron chi connectivity index (χ0n) is 13.9. The molecule has 1 aromatic carbocycles. The smallest absolute Gasteiger partial charge is 0.115 e. The van der Waals surface area contributed by atoms with Gasteiger partial charge in [-0.25, -0.2) is 0 Å². The Morgan fingerprint density at radius 1 is 1.30 bits per heavy atom. The lowest BCUT2D eigenvalue weighted by molar-refractivity contribution is 0.112. The Morgan fingerprint density at radius 2 is 2.13 bits per heavy atom. The summed E-state index contributed by atoms with van der Waals surface area (Å²) in [5.41, 5.74) is 1.44. The fourth-order valence-electron chi connectivity index (χ4n) is 3.53. The molecule has 2 aromatic rings. The van der Waals surface area contributed by atoms with Crippen molar-refractivity contribution in [3.8, 4) is 5.75 Å². The number of aromatic hydroxyl groups is 1. The van der Waals surface area contributed by atoms with Crippen LogP contribution in [0.5, 0.6) is 5.75 Å². The predicted molar refractivity (Wildman–Crippen MR) is 101 cm³/mol. The van der Waals surface area contributed by atoms with Gasteiger partial charge in [-0.3, -0.25) is 0 Å². The van der Waals surface area contributed by atoms with Gasteiger partial charge in [-0.1, -0.05) is 32.0 Å². The topological polar surface area (TPSA) is 23.5 Å². The van der Waals surface area contributed by atoms with E-state index in [1.54, 1.807) is 6.07 Å². The third kappa shape index (κ3) is 4.09. The first-order valence-electron chi connectivity index (χ1n) is 8.12. The normalized spacial score (nSPS) is 25.0. The first-order chi connectivity index (χ1) is 10.6. The van der Waals surface area contributed by atoms with Crippen molar-refractivity contribution in [2.24, 2.45) is 5.92 Å². The molecule has 0 radical (unpaired) electrons. The Morgan fingerprint density at radius 3 is 2.78 bits per heavy atom. The third-order valence-corrected chi connectivity index (χ3v) is 6.26. The highest BCUT2D eigenvalue weighted by Gasteiger charge is 2.37. The van der Waals surface area contributed by atoms with Crippen LogP contribution in [0.25, 0.3) is 0 Å². The van der Waals surface area contributed by atoms with Crippen LogP contribution in [0.4, 0.5) is 0 Å². The molecule has 1 fully saturated rings. The maximum Gasteiger partial charge on any atom is 0.115 e. The van der Waals surface area contributed by atoms with E-state index in [1.807, 2.05) is 23.5 Å². The van der Waals surface area contributed by atoms with Gasteiger partial charge in [-0.15, -0.1) is 23.7 Å². The van der Waals surface area contributed by atoms with E-state index in [1.165, 1.54) is 10.4 Å². The van der Waals surface area contributed by atoms with Crippen LogP contribution in [0.15, 0.2) is 41.8 Å². The lowest BCUT2D eigenvalue weighted by Crippen LogP contribution is -2.47. The van der Waals surface area contributed by atoms with Crippen LogP contribution in [0, 0.1) is 5.92 Å². The molecule has 126 valence electrons. The average Bonchev–Trinajstić information content (AvgIpc) is 3.02. The van der Waals surface area contributed by atoms with Crippen LogP contribution < -0.4 is 0 Å². The maximum atomic E-state index is 9.78. The van der Waals surface area contributed by atoms with E-state index in [0.717, 1.165) is 32.5 Å². The lowest BCUT2D eigenvalue weighted by atomic mass is 9.68. The summed E-state index contributed by atoms with van der Waals surface area (Å²) in [4.78, 5) is 4.07. The van der Waals surface area contributed by atoms with Crippen LogP contribution >= 0.6 is 23.7 Å². The number of rotatable bonds is 4. The lowest BCUT2D eigenvalue weighted by Gasteiger charge is -2.45. The molecular formula is C19H26ClNOS. The zero-order chi connectivity index (χ0) is 15.6. The summed E-state index contributed by atoms with van der Waals surface area (Å²) in [6, 6.07) is 12.2. The summed E-state index contributed by atoms with van der Waals surface area (Å²) in [7, 11) is 0. The molecule has 1 N–H and O–H groups in total. The van der Waals surface area contributed by atoms with E-state index < -0.39 is 0 Å². The molecule has 4 heteroatoms. The Kier molecular flexibility index (Phi) is 6.12. The van der Waals surface area contributed by atoms with Gasteiger partial charge >= 0.3 is 0 Å². The number of phenolic OH excluding ortho intramolecular Hbond substituents is 1. The van der Waals surface area contributed by atoms with Gasteiger partial charge in [0.1, 0.15) is 5.75 Å². The van der Waals surface area contributed by atoms with Crippen molar-refractivity contribution in [3.63, 3.8) is 0 Å². The Labute approximate surface area is 149 Å². The second kappa shape index (κ2) is 7.69. The average molecular weight is 352 g/mol. The standard InChI is InChI=1S/C19H25NOS.ClH/c1-15-14-20(10-8-18-7-4-12-22-18)11-9-19(15,2)16-5-3-6-17(21)13-16;/h3-7,12-13,15,21H,8-11,14H2,1-2H3;1H/t15-,19-;/m0./s1. The highest BCUT2D eigenvalue weighted by atomic mass is 35.5. The maximum absolute atomic E-state index is 9.78. The highest BCUT2D eigenvalue weighted by Crippen LogP contribution is 2.40. The minimum atomic E-state index is 0. The summed E-state index contributed by atoms with van der Waals surface area (Å²) >= 11 is 1.86. The van der Waals surface area contributed by atoms with Crippen molar-refractivity contribution in [1.82, 2.24) is 4.90 Å². The minimum absolute atomic E-state index is 0. The van der Waals surface area contributed by atoms with Gasteiger partial charge in [0.05, 0.1) is 0 Å². The number of thiophene rings is 1. The minimum Gasteiger partial charge on any atom is -0.508 e. The van der Waals surface area contributed by atoms with E-state index >= 15 is 0 Å². The van der Waals surface area contributed by atoms with E-state index in [0.29, 0.717) is 11.7 Å². The van der Waals surface area contributed by atoms with Crippen LogP contribution in [0.3, 0.4) is 0 Å². The summed E-state index contributed by atoms with van der Waals surface area (Å²) in [6.07, 6.45) is 2.31. The highest BCUT2D eigenvalue weighted by molar-refractivity contribution is 7.09. The second-order valence-corrected chi connectivity index (χ2v) is 7.78. The first-order valence-corrected chi connectivity index (χ1v) is 9.00. The molecule has 0 saturated carbocycles. The van der Waals surface area contributed by atoms with Crippen molar-refractivity contribution >= 4 is 23.7 Å². The molecule has 1 saturated heterocycles. The molecule has 0 spiro atoms. The number of halogens is 1. The number of phenols is 1. The third-order valence-electron chi connectivity index (χ3n) is 5.33. The summed E-state index contributed by atoms with van der Waals surface area (Å²) < 4.78 is 0. The van der Waals surface area contributed by atoms with Gasteiger partial charge in [-0.2, -0.15) is 0 Å². The van der Waals surface area contributed by atoms with E-state index in [-0.39, 0.29) is 17.8 Å². The van der Waals surface area contributed by atoms with E-state index in [2.05, 4.69) is 42.3 Å². The van der Waals surface area contributed by atoms with E-state index in [9.17, 15) is 5.11 Å². The van der Waals surface area contributed by atoms with Crippen LogP contribution in [0.1, 0.15) is 30.7 Å². The molecule has 23 heavy (non-hydrogen) atoms. The molecule has 0 aliphatic carbocycles. The van der Waals surface area contributed by atoms with Gasteiger partial charge in [0.25, 0.3) is 0 Å². The molecule has 2 heterocycles. The number of nitrogens with zero attached hydrogens (tertiary/aromatic N) is 1. The number of hydrogen-bond donors (Lipinski definition) is 1. The SMILES string of the molecule is C[C@H]1CN(CCc2cccs2)CC[C@]1(C)c1cccc(O)c1.Cl. The number of hydrogen-bond acceptors (Lipinski definition) is 3. The van der Waals surface area contributed by atoms with Crippen molar-refractivity contribution in [3.05, 3.63) is 52.2 Å². The van der Waals surface area contributed by atoms with Crippen LogP contribution in [-0.4, -0.2) is 29.6 Å². The Bertz CT molecular complexity index is 616. The first kappa shape index (κ1) is 18.3.